The monoisotopic (exact) mass is 311 g/mol. The summed E-state index contributed by atoms with van der Waals surface area (Å²) in [5.41, 5.74) is -0.654. The second kappa shape index (κ2) is 4.93. The van der Waals surface area contributed by atoms with E-state index in [0.29, 0.717) is 0 Å². The summed E-state index contributed by atoms with van der Waals surface area (Å²) in [7, 11) is 0. The number of carbonyl (C=O) groups is 2. The van der Waals surface area contributed by atoms with Crippen molar-refractivity contribution in [2.75, 3.05) is 0 Å². The highest BCUT2D eigenvalue weighted by Crippen LogP contribution is 2.75. The van der Waals surface area contributed by atoms with Gasteiger partial charge in [0.2, 0.25) is 0 Å². The number of carboxylic acid groups (broad SMARTS) is 1. The Morgan fingerprint density at radius 3 is 2.45 bits per heavy atom. The number of hydrogen-bond acceptors (Lipinski definition) is 3. The van der Waals surface area contributed by atoms with Crippen molar-refractivity contribution in [1.82, 2.24) is 5.32 Å². The van der Waals surface area contributed by atoms with Gasteiger partial charge in [0.25, 0.3) is 5.92 Å². The number of hydrogen-bond donors (Lipinski definition) is 2. The van der Waals surface area contributed by atoms with Crippen LogP contribution in [-0.4, -0.2) is 29.1 Å². The Bertz CT molecular complexity index is 599. The van der Waals surface area contributed by atoms with Crippen molar-refractivity contribution >= 4 is 12.1 Å². The van der Waals surface area contributed by atoms with E-state index in [0.717, 1.165) is 5.56 Å². The Kier molecular flexibility index (Phi) is 3.30. The summed E-state index contributed by atoms with van der Waals surface area (Å²) in [5, 5.41) is 11.3. The number of aliphatic carboxylic acids is 1. The van der Waals surface area contributed by atoms with Crippen molar-refractivity contribution in [1.29, 1.82) is 0 Å². The van der Waals surface area contributed by atoms with Gasteiger partial charge in [0.1, 0.15) is 12.5 Å². The summed E-state index contributed by atoms with van der Waals surface area (Å²) >= 11 is 0. The molecule has 0 unspecified atom stereocenters. The molecular formula is C15H15F2NO4. The normalized spacial score (nSPS) is 31.2. The Balaban J connectivity index is 1.45. The van der Waals surface area contributed by atoms with Gasteiger partial charge >= 0.3 is 12.1 Å². The third-order valence-electron chi connectivity index (χ3n) is 4.50. The standard InChI is InChI=1S/C15H15F2NO4/c16-15(17)11(12(19)20)14(15)6-10(7-14)18-13(21)22-8-9-4-2-1-3-5-9/h1-5,10-11H,6-8H2,(H,18,21)(H,19,20)/t10?,11-,14?/m0/s1. The minimum atomic E-state index is -3.18. The van der Waals surface area contributed by atoms with Gasteiger partial charge in [-0.3, -0.25) is 4.79 Å². The van der Waals surface area contributed by atoms with Crippen LogP contribution in [0.15, 0.2) is 30.3 Å². The summed E-state index contributed by atoms with van der Waals surface area (Å²) in [6, 6.07) is 8.60. The molecule has 1 aromatic rings. The molecule has 2 aliphatic carbocycles. The predicted octanol–water partition coefficient (Wildman–Crippen LogP) is 2.41. The van der Waals surface area contributed by atoms with E-state index < -0.39 is 35.4 Å². The fourth-order valence-corrected chi connectivity index (χ4v) is 3.26. The zero-order chi connectivity index (χ0) is 16.0. The number of carboxylic acids is 1. The number of halogens is 2. The van der Waals surface area contributed by atoms with Crippen LogP contribution in [0.3, 0.4) is 0 Å². The van der Waals surface area contributed by atoms with Crippen molar-refractivity contribution in [3.8, 4) is 0 Å². The molecule has 1 aromatic carbocycles. The van der Waals surface area contributed by atoms with E-state index in [9.17, 15) is 18.4 Å². The number of alkyl carbamates (subject to hydrolysis) is 1. The topological polar surface area (TPSA) is 75.6 Å². The highest BCUT2D eigenvalue weighted by molar-refractivity contribution is 5.78. The molecule has 0 bridgehead atoms. The average molecular weight is 311 g/mol. The third-order valence-corrected chi connectivity index (χ3v) is 4.50. The number of benzene rings is 1. The van der Waals surface area contributed by atoms with Crippen LogP contribution in [0.5, 0.6) is 0 Å². The van der Waals surface area contributed by atoms with Crippen molar-refractivity contribution in [3.63, 3.8) is 0 Å². The number of nitrogens with one attached hydrogen (secondary N) is 1. The molecule has 0 radical (unpaired) electrons. The van der Waals surface area contributed by atoms with Gasteiger partial charge < -0.3 is 15.2 Å². The number of carbonyl (C=O) groups excluding carboxylic acids is 1. The molecule has 2 aliphatic rings. The molecule has 2 saturated carbocycles. The van der Waals surface area contributed by atoms with Gasteiger partial charge in [0.15, 0.2) is 0 Å². The number of rotatable bonds is 4. The molecule has 0 aliphatic heterocycles. The van der Waals surface area contributed by atoms with Gasteiger partial charge in [-0.1, -0.05) is 30.3 Å². The Labute approximate surface area is 125 Å². The maximum atomic E-state index is 13.5. The van der Waals surface area contributed by atoms with Crippen LogP contribution >= 0.6 is 0 Å². The molecule has 2 fully saturated rings. The van der Waals surface area contributed by atoms with Gasteiger partial charge in [-0.25, -0.2) is 13.6 Å². The van der Waals surface area contributed by atoms with Gasteiger partial charge in [-0.2, -0.15) is 0 Å². The Morgan fingerprint density at radius 1 is 1.27 bits per heavy atom. The molecule has 1 atom stereocenters. The molecule has 5 nitrogen and oxygen atoms in total. The second-order valence-electron chi connectivity index (χ2n) is 5.86. The largest absolute Gasteiger partial charge is 0.481 e. The molecule has 0 aromatic heterocycles. The molecule has 0 saturated heterocycles. The van der Waals surface area contributed by atoms with Crippen molar-refractivity contribution in [3.05, 3.63) is 35.9 Å². The summed E-state index contributed by atoms with van der Waals surface area (Å²) in [6.07, 6.45) is -0.742. The fraction of sp³-hybridized carbons (Fsp3) is 0.467. The van der Waals surface area contributed by atoms with E-state index in [1.165, 1.54) is 0 Å². The lowest BCUT2D eigenvalue weighted by Gasteiger charge is -2.36. The summed E-state index contributed by atoms with van der Waals surface area (Å²) < 4.78 is 32.0. The maximum Gasteiger partial charge on any atom is 0.407 e. The van der Waals surface area contributed by atoms with E-state index in [2.05, 4.69) is 5.32 Å². The van der Waals surface area contributed by atoms with E-state index in [1.54, 1.807) is 12.1 Å². The van der Waals surface area contributed by atoms with Crippen LogP contribution in [0, 0.1) is 11.3 Å². The molecule has 7 heteroatoms. The molecule has 0 heterocycles. The van der Waals surface area contributed by atoms with Crippen molar-refractivity contribution in [2.24, 2.45) is 11.3 Å². The highest BCUT2D eigenvalue weighted by atomic mass is 19.3. The smallest absolute Gasteiger partial charge is 0.407 e. The van der Waals surface area contributed by atoms with Crippen LogP contribution in [0.1, 0.15) is 18.4 Å². The van der Waals surface area contributed by atoms with E-state index in [-0.39, 0.29) is 19.4 Å². The minimum Gasteiger partial charge on any atom is -0.481 e. The molecule has 118 valence electrons. The highest BCUT2D eigenvalue weighted by Gasteiger charge is 2.87. The number of amides is 1. The lowest BCUT2D eigenvalue weighted by Crippen LogP contribution is -2.48. The van der Waals surface area contributed by atoms with Gasteiger partial charge in [-0.15, -0.1) is 0 Å². The molecule has 1 spiro atoms. The molecule has 3 rings (SSSR count). The van der Waals surface area contributed by atoms with Crippen LogP contribution in [0.2, 0.25) is 0 Å². The number of ether oxygens (including phenoxy) is 1. The minimum absolute atomic E-state index is 0.0304. The summed E-state index contributed by atoms with van der Waals surface area (Å²) in [4.78, 5) is 22.4. The van der Waals surface area contributed by atoms with E-state index in [1.807, 2.05) is 18.2 Å². The lowest BCUT2D eigenvalue weighted by molar-refractivity contribution is -0.141. The maximum absolute atomic E-state index is 13.5. The van der Waals surface area contributed by atoms with Crippen molar-refractivity contribution in [2.45, 2.75) is 31.4 Å². The van der Waals surface area contributed by atoms with Gasteiger partial charge in [0, 0.05) is 6.04 Å². The Morgan fingerprint density at radius 2 is 1.91 bits per heavy atom. The fourth-order valence-electron chi connectivity index (χ4n) is 3.26. The molecule has 1 amide bonds. The molecule has 22 heavy (non-hydrogen) atoms. The lowest BCUT2D eigenvalue weighted by atomic mass is 9.74. The first-order valence-corrected chi connectivity index (χ1v) is 6.95. The molecule has 2 N–H and O–H groups in total. The van der Waals surface area contributed by atoms with Crippen molar-refractivity contribution < 1.29 is 28.2 Å². The third kappa shape index (κ3) is 2.20. The zero-order valence-electron chi connectivity index (χ0n) is 11.6. The first-order chi connectivity index (χ1) is 10.4. The van der Waals surface area contributed by atoms with Crippen LogP contribution in [-0.2, 0) is 16.1 Å². The number of alkyl halides is 2. The first kappa shape index (κ1) is 14.7. The van der Waals surface area contributed by atoms with Gasteiger partial charge in [-0.05, 0) is 18.4 Å². The SMILES string of the molecule is O=C(NC1CC2(C1)[C@H](C(=O)O)C2(F)F)OCc1ccccc1. The zero-order valence-corrected chi connectivity index (χ0v) is 11.6. The van der Waals surface area contributed by atoms with E-state index >= 15 is 0 Å². The average Bonchev–Trinajstić information content (AvgIpc) is 2.94. The van der Waals surface area contributed by atoms with Crippen LogP contribution in [0.25, 0.3) is 0 Å². The second-order valence-corrected chi connectivity index (χ2v) is 5.86. The van der Waals surface area contributed by atoms with E-state index in [4.69, 9.17) is 9.84 Å². The predicted molar refractivity (Wildman–Crippen MR) is 71.3 cm³/mol. The summed E-state index contributed by atoms with van der Waals surface area (Å²) in [5.74, 6) is -6.28. The summed E-state index contributed by atoms with van der Waals surface area (Å²) in [6.45, 7) is 0.0957. The van der Waals surface area contributed by atoms with Gasteiger partial charge in [0.05, 0.1) is 5.41 Å². The quantitative estimate of drug-likeness (QED) is 0.895. The Hall–Kier alpha value is -2.18. The first-order valence-electron chi connectivity index (χ1n) is 6.95. The van der Waals surface area contributed by atoms with Crippen LogP contribution in [0.4, 0.5) is 13.6 Å². The molecular weight excluding hydrogens is 296 g/mol. The van der Waals surface area contributed by atoms with Crippen LogP contribution < -0.4 is 5.32 Å².